The molecule has 2 aromatic rings. The van der Waals surface area contributed by atoms with E-state index in [0.717, 1.165) is 32.5 Å². The van der Waals surface area contributed by atoms with Gasteiger partial charge in [-0.25, -0.2) is 4.79 Å². The minimum Gasteiger partial charge on any atom is -0.454 e. The van der Waals surface area contributed by atoms with Crippen LogP contribution in [0, 0.1) is 37.5 Å². The van der Waals surface area contributed by atoms with Crippen molar-refractivity contribution in [2.24, 2.45) is 23.7 Å². The van der Waals surface area contributed by atoms with Crippen LogP contribution in [0.4, 0.5) is 5.69 Å². The fourth-order valence-corrected chi connectivity index (χ4v) is 6.12. The number of nitrogens with one attached hydrogen (secondary N) is 1. The quantitative estimate of drug-likeness (QED) is 0.320. The Morgan fingerprint density at radius 1 is 1.00 bits per heavy atom. The zero-order valence-electron chi connectivity index (χ0n) is 20.1. The molecule has 36 heavy (non-hydrogen) atoms. The molecule has 0 aromatic heterocycles. The van der Waals surface area contributed by atoms with Crippen LogP contribution >= 0.6 is 15.9 Å². The molecular formula is C28H27BrN2O5. The first-order valence-electron chi connectivity index (χ1n) is 12.1. The van der Waals surface area contributed by atoms with Crippen LogP contribution < -0.4 is 5.32 Å². The number of fused-ring (bicyclic) bond motifs is 5. The molecule has 5 rings (SSSR count). The van der Waals surface area contributed by atoms with Crippen molar-refractivity contribution >= 4 is 45.3 Å². The van der Waals surface area contributed by atoms with Gasteiger partial charge in [0, 0.05) is 16.6 Å². The predicted molar refractivity (Wildman–Crippen MR) is 137 cm³/mol. The van der Waals surface area contributed by atoms with Crippen LogP contribution in [-0.2, 0) is 30.3 Å². The second-order valence-corrected chi connectivity index (χ2v) is 10.6. The maximum Gasteiger partial charge on any atom is 0.330 e. The van der Waals surface area contributed by atoms with E-state index in [2.05, 4.69) is 21.2 Å². The van der Waals surface area contributed by atoms with Gasteiger partial charge >= 0.3 is 5.97 Å². The maximum absolute atomic E-state index is 13.4. The zero-order chi connectivity index (χ0) is 25.6. The largest absolute Gasteiger partial charge is 0.454 e. The van der Waals surface area contributed by atoms with Gasteiger partial charge < -0.3 is 10.1 Å². The van der Waals surface area contributed by atoms with Crippen molar-refractivity contribution in [2.75, 3.05) is 11.9 Å². The lowest BCUT2D eigenvalue weighted by molar-refractivity contribution is -0.160. The number of halogens is 1. The summed E-state index contributed by atoms with van der Waals surface area (Å²) in [5.74, 6) is -2.63. The molecule has 1 saturated heterocycles. The highest BCUT2D eigenvalue weighted by molar-refractivity contribution is 9.10. The minimum atomic E-state index is -1.12. The van der Waals surface area contributed by atoms with Crippen LogP contribution in [0.15, 0.2) is 59.1 Å². The number of esters is 1. The van der Waals surface area contributed by atoms with Crippen molar-refractivity contribution in [2.45, 2.75) is 32.7 Å². The Morgan fingerprint density at radius 3 is 2.28 bits per heavy atom. The summed E-state index contributed by atoms with van der Waals surface area (Å²) in [4.78, 5) is 53.7. The number of amides is 3. The molecule has 3 aliphatic rings. The van der Waals surface area contributed by atoms with E-state index in [9.17, 15) is 19.2 Å². The number of carbonyl (C=O) groups is 4. The van der Waals surface area contributed by atoms with Gasteiger partial charge in [-0.1, -0.05) is 58.4 Å². The molecule has 2 aliphatic carbocycles. The third-order valence-corrected chi connectivity index (χ3v) is 8.56. The number of imide groups is 1. The monoisotopic (exact) mass is 550 g/mol. The second kappa shape index (κ2) is 9.65. The Labute approximate surface area is 218 Å². The van der Waals surface area contributed by atoms with Gasteiger partial charge in [-0.15, -0.1) is 0 Å². The highest BCUT2D eigenvalue weighted by Crippen LogP contribution is 2.53. The van der Waals surface area contributed by atoms with Crippen LogP contribution in [0.1, 0.15) is 23.1 Å². The van der Waals surface area contributed by atoms with E-state index in [0.29, 0.717) is 5.69 Å². The Hall–Kier alpha value is -3.26. The molecule has 5 atom stereocenters. The first kappa shape index (κ1) is 24.4. The predicted octanol–water partition coefficient (Wildman–Crippen LogP) is 3.97. The first-order valence-corrected chi connectivity index (χ1v) is 12.9. The summed E-state index contributed by atoms with van der Waals surface area (Å²) >= 11 is 3.46. The second-order valence-electron chi connectivity index (χ2n) is 9.75. The smallest absolute Gasteiger partial charge is 0.330 e. The van der Waals surface area contributed by atoms with E-state index in [1.54, 1.807) is 6.07 Å². The summed E-state index contributed by atoms with van der Waals surface area (Å²) in [6.07, 6.45) is 4.97. The fraction of sp³-hybridized carbons (Fsp3) is 0.357. The topological polar surface area (TPSA) is 92.8 Å². The number of benzene rings is 2. The molecule has 3 amide bonds. The van der Waals surface area contributed by atoms with Gasteiger partial charge in [-0.3, -0.25) is 19.3 Å². The van der Waals surface area contributed by atoms with Crippen LogP contribution in [0.2, 0.25) is 0 Å². The van der Waals surface area contributed by atoms with Gasteiger partial charge in [-0.05, 0) is 60.9 Å². The van der Waals surface area contributed by atoms with E-state index < -0.39 is 36.4 Å². The Kier molecular flexibility index (Phi) is 6.55. The van der Waals surface area contributed by atoms with Crippen molar-refractivity contribution < 1.29 is 23.9 Å². The molecule has 186 valence electrons. The van der Waals surface area contributed by atoms with E-state index in [1.165, 1.54) is 0 Å². The van der Waals surface area contributed by atoms with Crippen molar-refractivity contribution in [1.82, 2.24) is 4.90 Å². The van der Waals surface area contributed by atoms with Crippen molar-refractivity contribution in [3.8, 4) is 0 Å². The van der Waals surface area contributed by atoms with Gasteiger partial charge in [0.1, 0.15) is 6.04 Å². The van der Waals surface area contributed by atoms with E-state index in [4.69, 9.17) is 4.74 Å². The molecular weight excluding hydrogens is 524 g/mol. The van der Waals surface area contributed by atoms with Crippen LogP contribution in [-0.4, -0.2) is 41.2 Å². The zero-order valence-corrected chi connectivity index (χ0v) is 21.7. The molecule has 0 spiro atoms. The van der Waals surface area contributed by atoms with Crippen molar-refractivity contribution in [3.63, 3.8) is 0 Å². The van der Waals surface area contributed by atoms with Gasteiger partial charge in [0.25, 0.3) is 5.91 Å². The summed E-state index contributed by atoms with van der Waals surface area (Å²) in [5, 5.41) is 2.77. The number of nitrogens with zero attached hydrogens (tertiary/aromatic N) is 1. The van der Waals surface area contributed by atoms with Gasteiger partial charge in [0.2, 0.25) is 11.8 Å². The SMILES string of the molecule is Cc1c(Br)ccc(NC(=O)COC(=O)[C@@H](Cc2ccccc2)N2C(=O)[C@@H]3[C@H](C2=O)[C@H]2C=C[C@H]3C2)c1C. The molecule has 1 N–H and O–H groups in total. The Morgan fingerprint density at radius 2 is 1.64 bits per heavy atom. The standard InChI is InChI=1S/C28H27BrN2O5/c1-15-16(2)21(11-10-20(15)29)30-23(32)14-36-28(35)22(12-17-6-4-3-5-7-17)31-26(33)24-18-8-9-19(13-18)25(24)27(31)34/h3-11,18-19,22,24-25H,12-14H2,1-2H3,(H,30,32)/t18-,19-,22+,24-,25+/m0/s1. The summed E-state index contributed by atoms with van der Waals surface area (Å²) in [6.45, 7) is 3.31. The molecule has 0 radical (unpaired) electrons. The molecule has 7 nitrogen and oxygen atoms in total. The summed E-state index contributed by atoms with van der Waals surface area (Å²) < 4.78 is 6.31. The van der Waals surface area contributed by atoms with E-state index in [-0.39, 0.29) is 30.1 Å². The van der Waals surface area contributed by atoms with Gasteiger partial charge in [0.15, 0.2) is 6.61 Å². The number of carbonyl (C=O) groups excluding carboxylic acids is 4. The lowest BCUT2D eigenvalue weighted by Crippen LogP contribution is -2.48. The minimum absolute atomic E-state index is 0.0400. The van der Waals surface area contributed by atoms with Gasteiger partial charge in [0.05, 0.1) is 11.8 Å². The van der Waals surface area contributed by atoms with Crippen molar-refractivity contribution in [1.29, 1.82) is 0 Å². The molecule has 2 bridgehead atoms. The normalized spacial score (nSPS) is 24.7. The summed E-state index contributed by atoms with van der Waals surface area (Å²) in [6, 6.07) is 11.7. The number of hydrogen-bond donors (Lipinski definition) is 1. The first-order chi connectivity index (χ1) is 17.3. The third-order valence-electron chi connectivity index (χ3n) is 7.70. The molecule has 2 aromatic carbocycles. The van der Waals surface area contributed by atoms with Gasteiger partial charge in [-0.2, -0.15) is 0 Å². The Bertz CT molecular complexity index is 1240. The molecule has 1 heterocycles. The number of anilines is 1. The van der Waals surface area contributed by atoms with E-state index >= 15 is 0 Å². The molecule has 8 heteroatoms. The molecule has 1 aliphatic heterocycles. The van der Waals surface area contributed by atoms with Crippen LogP contribution in [0.25, 0.3) is 0 Å². The lowest BCUT2D eigenvalue weighted by atomic mass is 9.85. The number of likely N-dealkylation sites (tertiary alicyclic amines) is 1. The van der Waals surface area contributed by atoms with E-state index in [1.807, 2.05) is 62.4 Å². The lowest BCUT2D eigenvalue weighted by Gasteiger charge is -2.26. The summed E-state index contributed by atoms with van der Waals surface area (Å²) in [5.41, 5.74) is 3.31. The average Bonchev–Trinajstić information content (AvgIpc) is 3.56. The fourth-order valence-electron chi connectivity index (χ4n) is 5.69. The average molecular weight is 551 g/mol. The highest BCUT2D eigenvalue weighted by Gasteiger charge is 2.61. The van der Waals surface area contributed by atoms with Crippen molar-refractivity contribution in [3.05, 3.63) is 75.8 Å². The maximum atomic E-state index is 13.4. The number of ether oxygens (including phenoxy) is 1. The number of rotatable bonds is 7. The molecule has 0 unspecified atom stereocenters. The molecule has 1 saturated carbocycles. The molecule has 2 fully saturated rings. The van der Waals surface area contributed by atoms with Crippen LogP contribution in [0.3, 0.4) is 0 Å². The van der Waals surface area contributed by atoms with Crippen LogP contribution in [0.5, 0.6) is 0 Å². The third kappa shape index (κ3) is 4.28. The highest BCUT2D eigenvalue weighted by atomic mass is 79.9. The number of allylic oxidation sites excluding steroid dienone is 2. The summed E-state index contributed by atoms with van der Waals surface area (Å²) in [7, 11) is 0. The Balaban J connectivity index is 1.32. The number of hydrogen-bond acceptors (Lipinski definition) is 5.